The number of sulfonamides is 1. The molecule has 0 radical (unpaired) electrons. The molecule has 38 heavy (non-hydrogen) atoms. The Bertz CT molecular complexity index is 1540. The second kappa shape index (κ2) is 10.3. The van der Waals surface area contributed by atoms with Gasteiger partial charge in [0.05, 0.1) is 35.1 Å². The van der Waals surface area contributed by atoms with E-state index >= 15 is 0 Å². The molecule has 11 heteroatoms. The highest BCUT2D eigenvalue weighted by molar-refractivity contribution is 7.89. The summed E-state index contributed by atoms with van der Waals surface area (Å²) in [4.78, 5) is 25.5. The van der Waals surface area contributed by atoms with Gasteiger partial charge in [-0.25, -0.2) is 8.42 Å². The van der Waals surface area contributed by atoms with Gasteiger partial charge >= 0.3 is 0 Å². The minimum Gasteiger partial charge on any atom is -0.397 e. The van der Waals surface area contributed by atoms with E-state index in [1.165, 1.54) is 16.4 Å². The van der Waals surface area contributed by atoms with Gasteiger partial charge in [0.25, 0.3) is 11.8 Å². The number of nitrogens with one attached hydrogen (secondary N) is 3. The normalized spacial score (nSPS) is 16.9. The maximum absolute atomic E-state index is 13.2. The van der Waals surface area contributed by atoms with E-state index in [4.69, 9.17) is 10.5 Å². The summed E-state index contributed by atoms with van der Waals surface area (Å²) in [6.45, 7) is 3.00. The van der Waals surface area contributed by atoms with Gasteiger partial charge in [-0.3, -0.25) is 9.59 Å². The van der Waals surface area contributed by atoms with E-state index in [1.54, 1.807) is 61.5 Å². The maximum atomic E-state index is 13.2. The topological polar surface area (TPSA) is 143 Å². The van der Waals surface area contributed by atoms with Crippen molar-refractivity contribution >= 4 is 50.2 Å². The van der Waals surface area contributed by atoms with Gasteiger partial charge in [0, 0.05) is 41.3 Å². The van der Waals surface area contributed by atoms with Crippen LogP contribution in [0.3, 0.4) is 0 Å². The maximum Gasteiger partial charge on any atom is 0.258 e. The van der Waals surface area contributed by atoms with Gasteiger partial charge in [-0.1, -0.05) is 12.1 Å². The fourth-order valence-corrected chi connectivity index (χ4v) is 5.84. The van der Waals surface area contributed by atoms with Gasteiger partial charge in [0.1, 0.15) is 0 Å². The smallest absolute Gasteiger partial charge is 0.258 e. The van der Waals surface area contributed by atoms with Gasteiger partial charge in [-0.05, 0) is 61.5 Å². The standard InChI is InChI=1S/C27H27N5O5S/c1-17(29-19-8-6-18(7-9-19)26(33)31-24-5-3-2-4-22(24)28)25-21-16-20(10-11-23(21)30-27(25)34)38(35,36)32-12-14-37-15-13-32/h2-11,16,29H,12-15,28H2,1H3,(H,30,34)(H,31,33). The summed E-state index contributed by atoms with van der Waals surface area (Å²) in [5, 5.41) is 8.77. The number of anilines is 4. The van der Waals surface area contributed by atoms with Crippen molar-refractivity contribution in [1.82, 2.24) is 4.31 Å². The summed E-state index contributed by atoms with van der Waals surface area (Å²) in [5.74, 6) is -0.634. The zero-order chi connectivity index (χ0) is 26.9. The Morgan fingerprint density at radius 1 is 1.00 bits per heavy atom. The van der Waals surface area contributed by atoms with Crippen LogP contribution in [0.15, 0.2) is 77.3 Å². The first-order chi connectivity index (χ1) is 18.2. The second-order valence-electron chi connectivity index (χ2n) is 8.92. The monoisotopic (exact) mass is 533 g/mol. The lowest BCUT2D eigenvalue weighted by Crippen LogP contribution is -2.40. The third kappa shape index (κ3) is 4.99. The first-order valence-corrected chi connectivity index (χ1v) is 13.5. The molecule has 2 aliphatic heterocycles. The lowest BCUT2D eigenvalue weighted by Gasteiger charge is -2.26. The number of benzene rings is 3. The minimum absolute atomic E-state index is 0.120. The van der Waals surface area contributed by atoms with Crippen LogP contribution in [0.2, 0.25) is 0 Å². The van der Waals surface area contributed by atoms with Gasteiger partial charge in [-0.2, -0.15) is 4.31 Å². The second-order valence-corrected chi connectivity index (χ2v) is 10.9. The van der Waals surface area contributed by atoms with Gasteiger partial charge in [-0.15, -0.1) is 0 Å². The number of nitrogens with zero attached hydrogens (tertiary/aromatic N) is 1. The third-order valence-electron chi connectivity index (χ3n) is 6.41. The van der Waals surface area contributed by atoms with Crippen LogP contribution in [0, 0.1) is 0 Å². The van der Waals surface area contributed by atoms with Crippen molar-refractivity contribution in [2.45, 2.75) is 11.8 Å². The Morgan fingerprint density at radius 3 is 2.42 bits per heavy atom. The lowest BCUT2D eigenvalue weighted by molar-refractivity contribution is -0.110. The van der Waals surface area contributed by atoms with Crippen molar-refractivity contribution in [2.75, 3.05) is 48.0 Å². The molecule has 2 heterocycles. The van der Waals surface area contributed by atoms with E-state index in [1.807, 2.05) is 0 Å². The predicted molar refractivity (Wildman–Crippen MR) is 146 cm³/mol. The Hall–Kier alpha value is -4.19. The molecule has 1 saturated heterocycles. The van der Waals surface area contributed by atoms with Crippen LogP contribution in [0.4, 0.5) is 22.7 Å². The van der Waals surface area contributed by atoms with Gasteiger partial charge < -0.3 is 26.4 Å². The first-order valence-electron chi connectivity index (χ1n) is 12.0. The van der Waals surface area contributed by atoms with E-state index < -0.39 is 10.0 Å². The predicted octanol–water partition coefficient (Wildman–Crippen LogP) is 3.34. The van der Waals surface area contributed by atoms with Gasteiger partial charge in [0.15, 0.2) is 0 Å². The fourth-order valence-electron chi connectivity index (χ4n) is 4.40. The number of nitrogen functional groups attached to an aromatic ring is 1. The molecule has 0 unspecified atom stereocenters. The zero-order valence-electron chi connectivity index (χ0n) is 20.7. The molecular weight excluding hydrogens is 506 g/mol. The number of ether oxygens (including phenoxy) is 1. The molecule has 0 bridgehead atoms. The number of fused-ring (bicyclic) bond motifs is 1. The van der Waals surface area contributed by atoms with Gasteiger partial charge in [0.2, 0.25) is 10.0 Å². The molecule has 0 aromatic heterocycles. The SMILES string of the molecule is CC(Nc1ccc(C(=O)Nc2ccccc2N)cc1)=C1C(=O)Nc2ccc(S(=O)(=O)N3CCOCC3)cc21. The number of morpholine rings is 1. The molecule has 3 aromatic carbocycles. The number of carbonyl (C=O) groups excluding carboxylic acids is 2. The van der Waals surface area contributed by atoms with E-state index in [0.717, 1.165) is 0 Å². The van der Waals surface area contributed by atoms with Crippen LogP contribution in [0.25, 0.3) is 5.57 Å². The number of hydrogen-bond acceptors (Lipinski definition) is 7. The average Bonchev–Trinajstić information content (AvgIpc) is 3.26. The molecule has 0 atom stereocenters. The van der Waals surface area contributed by atoms with Crippen molar-refractivity contribution < 1.29 is 22.7 Å². The van der Waals surface area contributed by atoms with Crippen molar-refractivity contribution in [3.63, 3.8) is 0 Å². The van der Waals surface area contributed by atoms with E-state index in [0.29, 0.717) is 58.4 Å². The van der Waals surface area contributed by atoms with Crippen molar-refractivity contribution in [2.24, 2.45) is 0 Å². The van der Waals surface area contributed by atoms with Crippen molar-refractivity contribution in [1.29, 1.82) is 0 Å². The number of nitrogens with two attached hydrogens (primary N) is 1. The van der Waals surface area contributed by atoms with Crippen molar-refractivity contribution in [3.8, 4) is 0 Å². The summed E-state index contributed by atoms with van der Waals surface area (Å²) in [6, 6.07) is 18.4. The van der Waals surface area contributed by atoms with Crippen LogP contribution in [0.1, 0.15) is 22.8 Å². The third-order valence-corrected chi connectivity index (χ3v) is 8.30. The number of amides is 2. The number of para-hydroxylation sites is 2. The highest BCUT2D eigenvalue weighted by Crippen LogP contribution is 2.36. The minimum atomic E-state index is -3.72. The van der Waals surface area contributed by atoms with Crippen LogP contribution >= 0.6 is 0 Å². The summed E-state index contributed by atoms with van der Waals surface area (Å²) < 4.78 is 33.0. The largest absolute Gasteiger partial charge is 0.397 e. The quantitative estimate of drug-likeness (QED) is 0.281. The fraction of sp³-hybridized carbons (Fsp3) is 0.185. The molecule has 196 valence electrons. The molecular formula is C27H27N5O5S. The zero-order valence-corrected chi connectivity index (χ0v) is 21.5. The lowest BCUT2D eigenvalue weighted by atomic mass is 10.1. The first kappa shape index (κ1) is 25.5. The Kier molecular flexibility index (Phi) is 6.89. The van der Waals surface area contributed by atoms with Crippen LogP contribution in [0.5, 0.6) is 0 Å². The van der Waals surface area contributed by atoms with E-state index in [2.05, 4.69) is 16.0 Å². The Morgan fingerprint density at radius 2 is 1.71 bits per heavy atom. The van der Waals surface area contributed by atoms with Crippen LogP contribution in [-0.2, 0) is 19.6 Å². The number of allylic oxidation sites excluding steroid dienone is 1. The van der Waals surface area contributed by atoms with Crippen molar-refractivity contribution in [3.05, 3.63) is 83.6 Å². The molecule has 2 aliphatic rings. The Labute approximate surface area is 220 Å². The molecule has 3 aromatic rings. The molecule has 5 N–H and O–H groups in total. The summed E-state index contributed by atoms with van der Waals surface area (Å²) in [7, 11) is -3.72. The highest BCUT2D eigenvalue weighted by atomic mass is 32.2. The molecule has 1 fully saturated rings. The average molecular weight is 534 g/mol. The Balaban J connectivity index is 1.36. The summed E-state index contributed by atoms with van der Waals surface area (Å²) in [5.41, 5.74) is 9.92. The van der Waals surface area contributed by atoms with Crippen LogP contribution < -0.4 is 21.7 Å². The van der Waals surface area contributed by atoms with Crippen LogP contribution in [-0.4, -0.2) is 50.8 Å². The number of hydrogen-bond donors (Lipinski definition) is 4. The molecule has 5 rings (SSSR count). The van der Waals surface area contributed by atoms with E-state index in [-0.39, 0.29) is 29.8 Å². The summed E-state index contributed by atoms with van der Waals surface area (Å²) >= 11 is 0. The molecule has 0 aliphatic carbocycles. The molecule has 0 spiro atoms. The molecule has 10 nitrogen and oxygen atoms in total. The highest BCUT2D eigenvalue weighted by Gasteiger charge is 2.31. The number of rotatable bonds is 6. The number of carbonyl (C=O) groups is 2. The molecule has 0 saturated carbocycles. The summed E-state index contributed by atoms with van der Waals surface area (Å²) in [6.07, 6.45) is 0. The van der Waals surface area contributed by atoms with E-state index in [9.17, 15) is 18.0 Å². The molecule has 2 amide bonds.